The Morgan fingerprint density at radius 1 is 0.900 bits per heavy atom. The Balaban J connectivity index is 2.02. The minimum atomic E-state index is -4.82. The molecule has 0 spiro atoms. The van der Waals surface area contributed by atoms with Crippen molar-refractivity contribution in [2.45, 2.75) is 13.1 Å². The van der Waals surface area contributed by atoms with E-state index in [4.69, 9.17) is 0 Å². The third-order valence-corrected chi connectivity index (χ3v) is 4.90. The molecule has 4 rings (SSSR count). The normalized spacial score (nSPS) is 11.8. The van der Waals surface area contributed by atoms with Crippen molar-refractivity contribution in [1.82, 2.24) is 4.57 Å². The first-order valence-electron chi connectivity index (χ1n) is 8.98. The zero-order valence-corrected chi connectivity index (χ0v) is 15.7. The molecule has 1 N–H and O–H groups in total. The van der Waals surface area contributed by atoms with Gasteiger partial charge in [-0.2, -0.15) is 13.2 Å². The van der Waals surface area contributed by atoms with Crippen molar-refractivity contribution in [1.29, 1.82) is 0 Å². The van der Waals surface area contributed by atoms with Crippen molar-refractivity contribution in [3.8, 4) is 22.6 Å². The number of halogens is 4. The molecule has 0 saturated heterocycles. The lowest BCUT2D eigenvalue weighted by Crippen LogP contribution is -2.18. The summed E-state index contributed by atoms with van der Waals surface area (Å²) in [6, 6.07) is 13.8. The number of alkyl halides is 3. The van der Waals surface area contributed by atoms with Crippen LogP contribution >= 0.6 is 0 Å². The topological polar surface area (TPSA) is 42.2 Å². The van der Waals surface area contributed by atoms with Gasteiger partial charge in [0.15, 0.2) is 0 Å². The second-order valence-corrected chi connectivity index (χ2v) is 6.98. The van der Waals surface area contributed by atoms with Gasteiger partial charge in [-0.15, -0.1) is 0 Å². The molecule has 0 amide bonds. The third kappa shape index (κ3) is 3.43. The number of hydrogen-bond donors (Lipinski definition) is 1. The van der Waals surface area contributed by atoms with E-state index in [0.717, 1.165) is 17.7 Å². The molecule has 0 bridgehead atoms. The van der Waals surface area contributed by atoms with Crippen molar-refractivity contribution < 1.29 is 22.7 Å². The molecule has 1 heterocycles. The van der Waals surface area contributed by atoms with Crippen molar-refractivity contribution in [3.05, 3.63) is 94.2 Å². The lowest BCUT2D eigenvalue weighted by molar-refractivity contribution is -0.139. The summed E-state index contributed by atoms with van der Waals surface area (Å²) in [5, 5.41) is 10.4. The predicted molar refractivity (Wildman–Crippen MR) is 106 cm³/mol. The van der Waals surface area contributed by atoms with Crippen LogP contribution < -0.4 is 5.56 Å². The predicted octanol–water partition coefficient (Wildman–Crippen LogP) is 5.83. The van der Waals surface area contributed by atoms with Gasteiger partial charge in [0.2, 0.25) is 0 Å². The van der Waals surface area contributed by atoms with E-state index in [-0.39, 0.29) is 22.3 Å². The molecule has 0 fully saturated rings. The van der Waals surface area contributed by atoms with Crippen LogP contribution in [0.25, 0.3) is 27.6 Å². The van der Waals surface area contributed by atoms with E-state index in [1.54, 1.807) is 12.1 Å². The van der Waals surface area contributed by atoms with Crippen molar-refractivity contribution >= 4 is 10.8 Å². The van der Waals surface area contributed by atoms with Crippen LogP contribution in [0.1, 0.15) is 11.1 Å². The molecule has 0 aliphatic carbocycles. The minimum absolute atomic E-state index is 0.122. The summed E-state index contributed by atoms with van der Waals surface area (Å²) in [6.07, 6.45) is -3.37. The molecule has 152 valence electrons. The van der Waals surface area contributed by atoms with E-state index in [9.17, 15) is 27.5 Å². The fourth-order valence-electron chi connectivity index (χ4n) is 3.37. The van der Waals surface area contributed by atoms with Crippen LogP contribution in [-0.2, 0) is 6.18 Å². The van der Waals surface area contributed by atoms with Gasteiger partial charge in [-0.1, -0.05) is 23.8 Å². The average Bonchev–Trinajstić information content (AvgIpc) is 2.68. The quantitative estimate of drug-likeness (QED) is 0.420. The van der Waals surface area contributed by atoms with Crippen LogP contribution in [0.5, 0.6) is 5.75 Å². The highest BCUT2D eigenvalue weighted by atomic mass is 19.4. The smallest absolute Gasteiger partial charge is 0.419 e. The molecule has 4 aromatic rings. The standard InChI is InChI=1S/C23H15F4NO2/c1-13-2-5-15(6-3-13)28-12-19(18-11-16(29)7-8-17(18)22(28)30)14-4-9-20(21(24)10-14)23(25,26)27/h2-12,29H,1H3. The Morgan fingerprint density at radius 2 is 1.60 bits per heavy atom. The van der Waals surface area contributed by atoms with Gasteiger partial charge in [0.25, 0.3) is 5.56 Å². The number of pyridine rings is 1. The lowest BCUT2D eigenvalue weighted by atomic mass is 9.98. The van der Waals surface area contributed by atoms with Gasteiger partial charge in [-0.3, -0.25) is 9.36 Å². The SMILES string of the molecule is Cc1ccc(-n2cc(-c3ccc(C(F)(F)F)c(F)c3)c3cc(O)ccc3c2=O)cc1. The molecule has 0 aliphatic rings. The molecular weight excluding hydrogens is 398 g/mol. The maximum atomic E-state index is 14.2. The van der Waals surface area contributed by atoms with Crippen LogP contribution in [0.4, 0.5) is 17.6 Å². The number of aromatic hydroxyl groups is 1. The van der Waals surface area contributed by atoms with E-state index < -0.39 is 17.6 Å². The van der Waals surface area contributed by atoms with Crippen molar-refractivity contribution in [2.75, 3.05) is 0 Å². The first-order valence-corrected chi connectivity index (χ1v) is 8.98. The monoisotopic (exact) mass is 413 g/mol. The van der Waals surface area contributed by atoms with E-state index in [1.165, 1.54) is 29.0 Å². The van der Waals surface area contributed by atoms with Gasteiger partial charge in [0, 0.05) is 28.2 Å². The molecule has 3 nitrogen and oxygen atoms in total. The van der Waals surface area contributed by atoms with Gasteiger partial charge < -0.3 is 5.11 Å². The molecule has 30 heavy (non-hydrogen) atoms. The summed E-state index contributed by atoms with van der Waals surface area (Å²) in [5.74, 6) is -1.54. The van der Waals surface area contributed by atoms with Gasteiger partial charge in [-0.05, 0) is 55.0 Å². The third-order valence-electron chi connectivity index (χ3n) is 4.90. The van der Waals surface area contributed by atoms with Gasteiger partial charge in [-0.25, -0.2) is 4.39 Å². The number of hydrogen-bond acceptors (Lipinski definition) is 2. The molecule has 0 unspecified atom stereocenters. The van der Waals surface area contributed by atoms with E-state index >= 15 is 0 Å². The molecule has 3 aromatic carbocycles. The van der Waals surface area contributed by atoms with Crippen molar-refractivity contribution in [2.24, 2.45) is 0 Å². The maximum Gasteiger partial charge on any atom is 0.419 e. The zero-order valence-electron chi connectivity index (χ0n) is 15.7. The number of benzene rings is 3. The number of aromatic nitrogens is 1. The fourth-order valence-corrected chi connectivity index (χ4v) is 3.37. The average molecular weight is 413 g/mol. The fraction of sp³-hybridized carbons (Fsp3) is 0.0870. The van der Waals surface area contributed by atoms with E-state index in [0.29, 0.717) is 22.7 Å². The number of fused-ring (bicyclic) bond motifs is 1. The highest BCUT2D eigenvalue weighted by molar-refractivity contribution is 5.97. The van der Waals surface area contributed by atoms with E-state index in [1.807, 2.05) is 19.1 Å². The largest absolute Gasteiger partial charge is 0.508 e. The summed E-state index contributed by atoms with van der Waals surface area (Å²) in [5.41, 5.74) is 0.262. The van der Waals surface area contributed by atoms with Crippen molar-refractivity contribution in [3.63, 3.8) is 0 Å². The van der Waals surface area contributed by atoms with Crippen LogP contribution in [0.2, 0.25) is 0 Å². The second kappa shape index (κ2) is 7.02. The molecule has 7 heteroatoms. The van der Waals surface area contributed by atoms with E-state index in [2.05, 4.69) is 0 Å². The summed E-state index contributed by atoms with van der Waals surface area (Å²) < 4.78 is 54.4. The highest BCUT2D eigenvalue weighted by Gasteiger charge is 2.34. The maximum absolute atomic E-state index is 14.2. The van der Waals surface area contributed by atoms with Crippen LogP contribution in [0.15, 0.2) is 71.7 Å². The highest BCUT2D eigenvalue weighted by Crippen LogP contribution is 2.35. The first kappa shape index (κ1) is 19.7. The molecule has 1 aromatic heterocycles. The minimum Gasteiger partial charge on any atom is -0.508 e. The molecule has 0 aliphatic heterocycles. The molecule has 0 radical (unpaired) electrons. The second-order valence-electron chi connectivity index (χ2n) is 6.98. The number of phenols is 1. The zero-order chi connectivity index (χ0) is 21.6. The number of rotatable bonds is 2. The van der Waals surface area contributed by atoms with Gasteiger partial charge in [0.1, 0.15) is 11.6 Å². The molecular formula is C23H15F4NO2. The Labute approximate surface area is 168 Å². The first-order chi connectivity index (χ1) is 14.1. The van der Waals surface area contributed by atoms with Gasteiger partial charge >= 0.3 is 6.18 Å². The lowest BCUT2D eigenvalue weighted by Gasteiger charge is -2.15. The molecule has 0 saturated carbocycles. The number of nitrogens with zero attached hydrogens (tertiary/aromatic N) is 1. The summed E-state index contributed by atoms with van der Waals surface area (Å²) in [6.45, 7) is 1.89. The number of aryl methyl sites for hydroxylation is 1. The van der Waals surface area contributed by atoms with Crippen LogP contribution in [0.3, 0.4) is 0 Å². The molecule has 0 atom stereocenters. The van der Waals surface area contributed by atoms with Crippen LogP contribution in [0, 0.1) is 12.7 Å². The summed E-state index contributed by atoms with van der Waals surface area (Å²) in [4.78, 5) is 13.0. The Hall–Kier alpha value is -3.61. The summed E-state index contributed by atoms with van der Waals surface area (Å²) >= 11 is 0. The number of phenolic OH excluding ortho intramolecular Hbond substituents is 1. The van der Waals surface area contributed by atoms with Crippen LogP contribution in [-0.4, -0.2) is 9.67 Å². The Bertz CT molecular complexity index is 1320. The van der Waals surface area contributed by atoms with Gasteiger partial charge in [0.05, 0.1) is 5.56 Å². The summed E-state index contributed by atoms with van der Waals surface area (Å²) in [7, 11) is 0. The Morgan fingerprint density at radius 3 is 2.23 bits per heavy atom. The Kier molecular flexibility index (Phi) is 4.61.